The van der Waals surface area contributed by atoms with Gasteiger partial charge in [0.2, 0.25) is 0 Å². The van der Waals surface area contributed by atoms with Crippen molar-refractivity contribution in [3.8, 4) is 0 Å². The van der Waals surface area contributed by atoms with Gasteiger partial charge in [-0.2, -0.15) is 0 Å². The van der Waals surface area contributed by atoms with Crippen molar-refractivity contribution in [1.82, 2.24) is 0 Å². The van der Waals surface area contributed by atoms with Crippen molar-refractivity contribution in [1.29, 1.82) is 0 Å². The van der Waals surface area contributed by atoms with Gasteiger partial charge in [0, 0.05) is 0 Å². The number of unbranched alkanes of at least 4 members (excludes halogenated alkanes) is 2. The van der Waals surface area contributed by atoms with Gasteiger partial charge < -0.3 is 10.2 Å². The summed E-state index contributed by atoms with van der Waals surface area (Å²) in [6, 6.07) is 16.6. The van der Waals surface area contributed by atoms with Gasteiger partial charge in [-0.15, -0.1) is 0 Å². The molecule has 134 valence electrons. The summed E-state index contributed by atoms with van der Waals surface area (Å²) in [6.07, 6.45) is 9.52. The van der Waals surface area contributed by atoms with Gasteiger partial charge >= 0.3 is 0 Å². The molecule has 2 heteroatoms. The van der Waals surface area contributed by atoms with Crippen LogP contribution in [0.15, 0.2) is 48.5 Å². The van der Waals surface area contributed by atoms with Crippen LogP contribution in [0.25, 0.3) is 12.2 Å². The van der Waals surface area contributed by atoms with Crippen LogP contribution >= 0.6 is 0 Å². The summed E-state index contributed by atoms with van der Waals surface area (Å²) in [5.74, 6) is 0. The Hall–Kier alpha value is -1.90. The predicted molar refractivity (Wildman–Crippen MR) is 106 cm³/mol. The Morgan fingerprint density at radius 3 is 2.04 bits per heavy atom. The van der Waals surface area contributed by atoms with Gasteiger partial charge in [0.05, 0.1) is 12.2 Å². The van der Waals surface area contributed by atoms with Crippen molar-refractivity contribution in [3.05, 3.63) is 70.8 Å². The van der Waals surface area contributed by atoms with E-state index in [1.807, 2.05) is 38.1 Å². The third-order valence-corrected chi connectivity index (χ3v) is 4.31. The van der Waals surface area contributed by atoms with Crippen LogP contribution in [-0.2, 0) is 13.0 Å². The molecule has 0 unspecified atom stereocenters. The fourth-order valence-electron chi connectivity index (χ4n) is 2.90. The standard InChI is InChI=1S/C23H30O2/c1-23(2,25)15-5-3-4-8-19-9-6-10-20(16-19)13-14-21-11-7-12-22(17-21)18-24/h6-7,9-14,16-17,24-25H,3-5,8,15,18H2,1-2H3. The molecule has 0 aromatic heterocycles. The highest BCUT2D eigenvalue weighted by atomic mass is 16.3. The fraction of sp³-hybridized carbons (Fsp3) is 0.391. The molecule has 0 aliphatic carbocycles. The number of benzene rings is 2. The number of aryl methyl sites for hydroxylation is 1. The molecule has 0 aliphatic rings. The maximum absolute atomic E-state index is 9.73. The Bertz CT molecular complexity index is 680. The van der Waals surface area contributed by atoms with Crippen LogP contribution in [0.5, 0.6) is 0 Å². The van der Waals surface area contributed by atoms with E-state index in [1.54, 1.807) is 0 Å². The van der Waals surface area contributed by atoms with Crippen molar-refractivity contribution in [2.45, 2.75) is 58.2 Å². The highest BCUT2D eigenvalue weighted by molar-refractivity contribution is 5.70. The third kappa shape index (κ3) is 7.68. The summed E-state index contributed by atoms with van der Waals surface area (Å²) in [4.78, 5) is 0. The minimum Gasteiger partial charge on any atom is -0.392 e. The molecule has 0 atom stereocenters. The van der Waals surface area contributed by atoms with Crippen LogP contribution in [-0.4, -0.2) is 15.8 Å². The lowest BCUT2D eigenvalue weighted by molar-refractivity contribution is 0.0681. The molecule has 0 heterocycles. The molecular formula is C23H30O2. The van der Waals surface area contributed by atoms with Crippen LogP contribution < -0.4 is 0 Å². The van der Waals surface area contributed by atoms with Gasteiger partial charge in [0.25, 0.3) is 0 Å². The first kappa shape index (κ1) is 19.4. The Morgan fingerprint density at radius 2 is 1.44 bits per heavy atom. The maximum atomic E-state index is 9.73. The number of aliphatic hydroxyl groups excluding tert-OH is 1. The zero-order valence-corrected chi connectivity index (χ0v) is 15.4. The smallest absolute Gasteiger partial charge is 0.0682 e. The molecular weight excluding hydrogens is 308 g/mol. The second-order valence-corrected chi connectivity index (χ2v) is 7.35. The van der Waals surface area contributed by atoms with Gasteiger partial charge in [-0.25, -0.2) is 0 Å². The molecule has 0 aliphatic heterocycles. The first-order chi connectivity index (χ1) is 12.0. The summed E-state index contributed by atoms with van der Waals surface area (Å²) in [6.45, 7) is 3.82. The zero-order chi connectivity index (χ0) is 18.1. The highest BCUT2D eigenvalue weighted by Gasteiger charge is 2.10. The Kier molecular flexibility index (Phi) is 7.42. The van der Waals surface area contributed by atoms with Gasteiger partial charge in [0.1, 0.15) is 0 Å². The molecule has 2 rings (SSSR count). The molecule has 25 heavy (non-hydrogen) atoms. The molecule has 2 aromatic carbocycles. The second-order valence-electron chi connectivity index (χ2n) is 7.35. The molecule has 0 saturated heterocycles. The summed E-state index contributed by atoms with van der Waals surface area (Å²) < 4.78 is 0. The van der Waals surface area contributed by atoms with Crippen molar-refractivity contribution < 1.29 is 10.2 Å². The molecule has 2 aromatic rings. The largest absolute Gasteiger partial charge is 0.392 e. The van der Waals surface area contributed by atoms with Gasteiger partial charge in [-0.05, 0) is 61.4 Å². The molecule has 0 fully saturated rings. The first-order valence-electron chi connectivity index (χ1n) is 9.15. The Balaban J connectivity index is 1.87. The lowest BCUT2D eigenvalue weighted by Crippen LogP contribution is -2.17. The molecule has 2 N–H and O–H groups in total. The first-order valence-corrected chi connectivity index (χ1v) is 9.15. The van der Waals surface area contributed by atoms with E-state index in [0.717, 1.165) is 43.2 Å². The van der Waals surface area contributed by atoms with E-state index in [1.165, 1.54) is 11.1 Å². The van der Waals surface area contributed by atoms with Crippen LogP contribution in [0.2, 0.25) is 0 Å². The van der Waals surface area contributed by atoms with Crippen LogP contribution in [0.3, 0.4) is 0 Å². The third-order valence-electron chi connectivity index (χ3n) is 4.31. The van der Waals surface area contributed by atoms with Gasteiger partial charge in [-0.1, -0.05) is 67.5 Å². The normalized spacial score (nSPS) is 12.0. The SMILES string of the molecule is CC(C)(O)CCCCCc1cccc(C=Cc2cccc(CO)c2)c1. The summed E-state index contributed by atoms with van der Waals surface area (Å²) >= 11 is 0. The Morgan fingerprint density at radius 1 is 0.840 bits per heavy atom. The fourth-order valence-corrected chi connectivity index (χ4v) is 2.90. The van der Waals surface area contributed by atoms with Crippen molar-refractivity contribution in [2.24, 2.45) is 0 Å². The van der Waals surface area contributed by atoms with E-state index in [4.69, 9.17) is 0 Å². The monoisotopic (exact) mass is 338 g/mol. The average molecular weight is 338 g/mol. The van der Waals surface area contributed by atoms with E-state index in [-0.39, 0.29) is 6.61 Å². The van der Waals surface area contributed by atoms with Gasteiger partial charge in [0.15, 0.2) is 0 Å². The number of hydrogen-bond donors (Lipinski definition) is 2. The van der Waals surface area contributed by atoms with E-state index in [2.05, 4.69) is 36.4 Å². The molecule has 0 bridgehead atoms. The van der Waals surface area contributed by atoms with Gasteiger partial charge in [-0.3, -0.25) is 0 Å². The number of rotatable bonds is 9. The van der Waals surface area contributed by atoms with Crippen molar-refractivity contribution in [3.63, 3.8) is 0 Å². The van der Waals surface area contributed by atoms with E-state index < -0.39 is 5.60 Å². The quantitative estimate of drug-likeness (QED) is 0.486. The topological polar surface area (TPSA) is 40.5 Å². The zero-order valence-electron chi connectivity index (χ0n) is 15.4. The molecule has 0 radical (unpaired) electrons. The lowest BCUT2D eigenvalue weighted by atomic mass is 9.98. The maximum Gasteiger partial charge on any atom is 0.0682 e. The van der Waals surface area contributed by atoms with E-state index >= 15 is 0 Å². The van der Waals surface area contributed by atoms with Crippen LogP contribution in [0.4, 0.5) is 0 Å². The minimum atomic E-state index is -0.544. The predicted octanol–water partition coefficient (Wildman–Crippen LogP) is 5.22. The molecule has 0 saturated carbocycles. The van der Waals surface area contributed by atoms with Crippen molar-refractivity contribution in [2.75, 3.05) is 0 Å². The van der Waals surface area contributed by atoms with E-state index in [0.29, 0.717) is 0 Å². The van der Waals surface area contributed by atoms with Crippen LogP contribution in [0.1, 0.15) is 61.8 Å². The molecule has 0 spiro atoms. The van der Waals surface area contributed by atoms with Crippen molar-refractivity contribution >= 4 is 12.2 Å². The highest BCUT2D eigenvalue weighted by Crippen LogP contribution is 2.16. The summed E-state index contributed by atoms with van der Waals surface area (Å²) in [5.41, 5.74) is 4.04. The lowest BCUT2D eigenvalue weighted by Gasteiger charge is -2.16. The Labute approximate surface area is 151 Å². The second kappa shape index (κ2) is 9.55. The molecule has 0 amide bonds. The number of aliphatic hydroxyl groups is 2. The summed E-state index contributed by atoms with van der Waals surface area (Å²) in [5, 5.41) is 18.9. The van der Waals surface area contributed by atoms with E-state index in [9.17, 15) is 10.2 Å². The number of hydrogen-bond acceptors (Lipinski definition) is 2. The average Bonchev–Trinajstić information content (AvgIpc) is 2.59. The van der Waals surface area contributed by atoms with Crippen LogP contribution in [0, 0.1) is 0 Å². The summed E-state index contributed by atoms with van der Waals surface area (Å²) in [7, 11) is 0. The minimum absolute atomic E-state index is 0.0740. The molecule has 2 nitrogen and oxygen atoms in total.